The molecule has 4 nitrogen and oxygen atoms in total. The van der Waals surface area contributed by atoms with Crippen molar-refractivity contribution in [2.75, 3.05) is 6.54 Å². The van der Waals surface area contributed by atoms with Gasteiger partial charge in [0.2, 0.25) is 0 Å². The molecule has 2 rings (SSSR count). The van der Waals surface area contributed by atoms with E-state index in [-0.39, 0.29) is 11.9 Å². The monoisotopic (exact) mass is 296 g/mol. The Morgan fingerprint density at radius 3 is 2.80 bits per heavy atom. The Balaban J connectivity index is 2.32. The number of hydrogen-bond donors (Lipinski definition) is 1. The average molecular weight is 297 g/mol. The van der Waals surface area contributed by atoms with Crippen molar-refractivity contribution in [3.05, 3.63) is 40.4 Å². The molecule has 20 heavy (non-hydrogen) atoms. The molecule has 1 aromatic heterocycles. The van der Waals surface area contributed by atoms with Crippen LogP contribution >= 0.6 is 11.6 Å². The maximum atomic E-state index is 13.4. The van der Waals surface area contributed by atoms with Gasteiger partial charge in [-0.2, -0.15) is 0 Å². The van der Waals surface area contributed by atoms with Gasteiger partial charge in [-0.1, -0.05) is 23.7 Å². The lowest BCUT2D eigenvalue weighted by Gasteiger charge is -2.11. The molecule has 0 saturated carbocycles. The third kappa shape index (κ3) is 3.16. The SMILES string of the molecule is CCCNC(C)c1nnn(-c2cc(F)cc(Cl)c2)c1C. The Kier molecular flexibility index (Phi) is 4.73. The number of benzene rings is 1. The van der Waals surface area contributed by atoms with Crippen molar-refractivity contribution >= 4 is 11.6 Å². The third-order valence-corrected chi connectivity index (χ3v) is 3.35. The van der Waals surface area contributed by atoms with E-state index >= 15 is 0 Å². The van der Waals surface area contributed by atoms with E-state index in [9.17, 15) is 4.39 Å². The zero-order valence-electron chi connectivity index (χ0n) is 11.8. The zero-order valence-corrected chi connectivity index (χ0v) is 12.6. The van der Waals surface area contributed by atoms with E-state index in [2.05, 4.69) is 22.6 Å². The van der Waals surface area contributed by atoms with Crippen LogP contribution in [0.5, 0.6) is 0 Å². The molecule has 2 aromatic rings. The Bertz CT molecular complexity index is 577. The van der Waals surface area contributed by atoms with Crippen molar-refractivity contribution < 1.29 is 4.39 Å². The molecule has 108 valence electrons. The van der Waals surface area contributed by atoms with Crippen molar-refractivity contribution in [1.29, 1.82) is 0 Å². The molecule has 1 heterocycles. The molecule has 0 saturated heterocycles. The summed E-state index contributed by atoms with van der Waals surface area (Å²) in [4.78, 5) is 0. The molecule has 0 amide bonds. The first kappa shape index (κ1) is 14.9. The molecule has 1 unspecified atom stereocenters. The van der Waals surface area contributed by atoms with Gasteiger partial charge in [0, 0.05) is 5.02 Å². The molecule has 0 aliphatic carbocycles. The first-order chi connectivity index (χ1) is 9.52. The smallest absolute Gasteiger partial charge is 0.126 e. The van der Waals surface area contributed by atoms with Gasteiger partial charge in [-0.25, -0.2) is 9.07 Å². The second-order valence-corrected chi connectivity index (χ2v) is 5.21. The van der Waals surface area contributed by atoms with Gasteiger partial charge in [0.25, 0.3) is 0 Å². The minimum Gasteiger partial charge on any atom is -0.309 e. The second-order valence-electron chi connectivity index (χ2n) is 4.78. The van der Waals surface area contributed by atoms with Crippen LogP contribution in [0.15, 0.2) is 18.2 Å². The standard InChI is InChI=1S/C14H18ClFN4/c1-4-5-17-9(2)14-10(3)20(19-18-14)13-7-11(15)6-12(16)8-13/h6-9,17H,4-5H2,1-3H3. The molecule has 0 spiro atoms. The maximum Gasteiger partial charge on any atom is 0.126 e. The molecule has 1 aromatic carbocycles. The highest BCUT2D eigenvalue weighted by Crippen LogP contribution is 2.21. The number of hydrogen-bond acceptors (Lipinski definition) is 3. The van der Waals surface area contributed by atoms with Crippen LogP contribution in [0.1, 0.15) is 37.7 Å². The van der Waals surface area contributed by atoms with Crippen LogP contribution in [0, 0.1) is 12.7 Å². The lowest BCUT2D eigenvalue weighted by Crippen LogP contribution is -2.20. The summed E-state index contributed by atoms with van der Waals surface area (Å²) < 4.78 is 15.0. The molecule has 0 fully saturated rings. The summed E-state index contributed by atoms with van der Waals surface area (Å²) in [5, 5.41) is 12.0. The zero-order chi connectivity index (χ0) is 14.7. The highest BCUT2D eigenvalue weighted by atomic mass is 35.5. The number of nitrogens with one attached hydrogen (secondary N) is 1. The quantitative estimate of drug-likeness (QED) is 0.919. The van der Waals surface area contributed by atoms with Crippen molar-refractivity contribution in [3.63, 3.8) is 0 Å². The van der Waals surface area contributed by atoms with Gasteiger partial charge in [-0.15, -0.1) is 5.10 Å². The van der Waals surface area contributed by atoms with Gasteiger partial charge < -0.3 is 5.32 Å². The van der Waals surface area contributed by atoms with E-state index in [1.165, 1.54) is 12.1 Å². The third-order valence-electron chi connectivity index (χ3n) is 3.13. The van der Waals surface area contributed by atoms with Crippen LogP contribution in [0.4, 0.5) is 4.39 Å². The van der Waals surface area contributed by atoms with Crippen LogP contribution in [-0.4, -0.2) is 21.5 Å². The first-order valence-electron chi connectivity index (χ1n) is 6.65. The number of aromatic nitrogens is 3. The van der Waals surface area contributed by atoms with E-state index in [0.29, 0.717) is 10.7 Å². The van der Waals surface area contributed by atoms with E-state index < -0.39 is 0 Å². The van der Waals surface area contributed by atoms with Crippen molar-refractivity contribution in [2.24, 2.45) is 0 Å². The van der Waals surface area contributed by atoms with E-state index in [1.807, 2.05) is 13.8 Å². The highest BCUT2D eigenvalue weighted by molar-refractivity contribution is 6.30. The van der Waals surface area contributed by atoms with Gasteiger partial charge in [0.1, 0.15) is 11.5 Å². The lowest BCUT2D eigenvalue weighted by molar-refractivity contribution is 0.555. The van der Waals surface area contributed by atoms with Gasteiger partial charge in [-0.05, 0) is 45.0 Å². The Labute approximate surface area is 122 Å². The van der Waals surface area contributed by atoms with Crippen molar-refractivity contribution in [2.45, 2.75) is 33.2 Å². The van der Waals surface area contributed by atoms with Gasteiger partial charge in [-0.3, -0.25) is 0 Å². The fourth-order valence-corrected chi connectivity index (χ4v) is 2.32. The summed E-state index contributed by atoms with van der Waals surface area (Å²) in [5.41, 5.74) is 2.32. The molecular weight excluding hydrogens is 279 g/mol. The molecular formula is C14H18ClFN4. The summed E-state index contributed by atoms with van der Waals surface area (Å²) in [5.74, 6) is -0.388. The fourth-order valence-electron chi connectivity index (χ4n) is 2.11. The predicted octanol–water partition coefficient (Wildman–Crippen LogP) is 3.43. The molecule has 1 N–H and O–H groups in total. The molecule has 0 aliphatic heterocycles. The topological polar surface area (TPSA) is 42.7 Å². The largest absolute Gasteiger partial charge is 0.309 e. The predicted molar refractivity (Wildman–Crippen MR) is 77.8 cm³/mol. The highest BCUT2D eigenvalue weighted by Gasteiger charge is 2.16. The summed E-state index contributed by atoms with van der Waals surface area (Å²) in [6, 6.07) is 4.43. The molecule has 6 heteroatoms. The van der Waals surface area contributed by atoms with Gasteiger partial charge in [0.15, 0.2) is 0 Å². The molecule has 0 bridgehead atoms. The van der Waals surface area contributed by atoms with E-state index in [4.69, 9.17) is 11.6 Å². The first-order valence-corrected chi connectivity index (χ1v) is 7.02. The normalized spacial score (nSPS) is 12.7. The van der Waals surface area contributed by atoms with Crippen LogP contribution in [0.3, 0.4) is 0 Å². The Morgan fingerprint density at radius 1 is 1.40 bits per heavy atom. The molecule has 0 aliphatic rings. The van der Waals surface area contributed by atoms with Crippen molar-refractivity contribution in [3.8, 4) is 5.69 Å². The van der Waals surface area contributed by atoms with E-state index in [0.717, 1.165) is 24.4 Å². The Morgan fingerprint density at radius 2 is 2.15 bits per heavy atom. The number of rotatable bonds is 5. The van der Waals surface area contributed by atoms with E-state index in [1.54, 1.807) is 10.7 Å². The minimum absolute atomic E-state index is 0.104. The number of halogens is 2. The van der Waals surface area contributed by atoms with Crippen LogP contribution in [0.25, 0.3) is 5.69 Å². The fraction of sp³-hybridized carbons (Fsp3) is 0.429. The number of nitrogens with zero attached hydrogens (tertiary/aromatic N) is 3. The van der Waals surface area contributed by atoms with Gasteiger partial charge >= 0.3 is 0 Å². The maximum absolute atomic E-state index is 13.4. The molecule has 0 radical (unpaired) electrons. The van der Waals surface area contributed by atoms with Crippen LogP contribution in [0.2, 0.25) is 5.02 Å². The van der Waals surface area contributed by atoms with Crippen LogP contribution < -0.4 is 5.32 Å². The summed E-state index contributed by atoms with van der Waals surface area (Å²) >= 11 is 5.88. The minimum atomic E-state index is -0.388. The van der Waals surface area contributed by atoms with Gasteiger partial charge in [0.05, 0.1) is 17.4 Å². The van der Waals surface area contributed by atoms with Crippen molar-refractivity contribution in [1.82, 2.24) is 20.3 Å². The molecule has 1 atom stereocenters. The Hall–Kier alpha value is -1.46. The lowest BCUT2D eigenvalue weighted by atomic mass is 10.2. The summed E-state index contributed by atoms with van der Waals surface area (Å²) in [6.07, 6.45) is 1.05. The summed E-state index contributed by atoms with van der Waals surface area (Å²) in [7, 11) is 0. The van der Waals surface area contributed by atoms with Crippen LogP contribution in [-0.2, 0) is 0 Å². The summed E-state index contributed by atoms with van der Waals surface area (Å²) in [6.45, 7) is 6.98. The second kappa shape index (κ2) is 6.33. The average Bonchev–Trinajstić information content (AvgIpc) is 2.76.